The minimum absolute atomic E-state index is 0.111. The number of nitrogens with two attached hydrogens (primary N) is 1. The van der Waals surface area contributed by atoms with E-state index >= 15 is 0 Å². The standard InChI is InChI=1S/C11H24N4O/c1-9(16-5)11(2)8-13-10(12)15(11)7-6-14(3)4/h9H,6-8H2,1-5H3,(H2,12,13). The molecule has 1 rings (SSSR count). The number of hydrogen-bond acceptors (Lipinski definition) is 5. The molecule has 16 heavy (non-hydrogen) atoms. The minimum Gasteiger partial charge on any atom is -0.379 e. The number of guanidine groups is 1. The van der Waals surface area contributed by atoms with E-state index in [2.05, 4.69) is 42.7 Å². The third-order valence-electron chi connectivity index (χ3n) is 3.45. The Hall–Kier alpha value is -0.810. The molecule has 0 aromatic carbocycles. The van der Waals surface area contributed by atoms with Gasteiger partial charge in [-0.25, -0.2) is 0 Å². The molecule has 1 aliphatic rings. The fourth-order valence-electron chi connectivity index (χ4n) is 1.95. The first kappa shape index (κ1) is 13.3. The number of aliphatic imine (C=N–C) groups is 1. The average molecular weight is 228 g/mol. The van der Waals surface area contributed by atoms with Crippen LogP contribution in [0.5, 0.6) is 0 Å². The van der Waals surface area contributed by atoms with Gasteiger partial charge < -0.3 is 20.3 Å². The van der Waals surface area contributed by atoms with E-state index in [9.17, 15) is 0 Å². The fraction of sp³-hybridized carbons (Fsp3) is 0.909. The molecular formula is C11H24N4O. The zero-order valence-corrected chi connectivity index (χ0v) is 11.0. The van der Waals surface area contributed by atoms with Crippen molar-refractivity contribution in [2.75, 3.05) is 40.8 Å². The van der Waals surface area contributed by atoms with Crippen LogP contribution in [0, 0.1) is 0 Å². The lowest BCUT2D eigenvalue weighted by Crippen LogP contribution is -2.57. The Morgan fingerprint density at radius 2 is 2.25 bits per heavy atom. The third kappa shape index (κ3) is 2.47. The van der Waals surface area contributed by atoms with Gasteiger partial charge >= 0.3 is 0 Å². The lowest BCUT2D eigenvalue weighted by Gasteiger charge is -2.40. The Balaban J connectivity index is 2.72. The van der Waals surface area contributed by atoms with Gasteiger partial charge in [0.1, 0.15) is 0 Å². The fourth-order valence-corrected chi connectivity index (χ4v) is 1.95. The van der Waals surface area contributed by atoms with Crippen molar-refractivity contribution < 1.29 is 4.74 Å². The van der Waals surface area contributed by atoms with Crippen molar-refractivity contribution >= 4 is 5.96 Å². The zero-order valence-electron chi connectivity index (χ0n) is 11.0. The van der Waals surface area contributed by atoms with Crippen molar-refractivity contribution in [2.24, 2.45) is 10.7 Å². The predicted octanol–water partition coefficient (Wildman–Crippen LogP) is -0.0281. The largest absolute Gasteiger partial charge is 0.379 e. The summed E-state index contributed by atoms with van der Waals surface area (Å²) >= 11 is 0. The highest BCUT2D eigenvalue weighted by atomic mass is 16.5. The Morgan fingerprint density at radius 3 is 2.75 bits per heavy atom. The SMILES string of the molecule is COC(C)C1(C)CN=C(N)N1CCN(C)C. The second-order valence-electron chi connectivity index (χ2n) is 4.86. The summed E-state index contributed by atoms with van der Waals surface area (Å²) in [5.74, 6) is 0.633. The molecule has 5 heteroatoms. The van der Waals surface area contributed by atoms with Crippen LogP contribution in [0.4, 0.5) is 0 Å². The van der Waals surface area contributed by atoms with E-state index < -0.39 is 0 Å². The molecule has 2 N–H and O–H groups in total. The van der Waals surface area contributed by atoms with Crippen LogP contribution in [0.3, 0.4) is 0 Å². The predicted molar refractivity (Wildman–Crippen MR) is 66.6 cm³/mol. The normalized spacial score (nSPS) is 27.4. The number of likely N-dealkylation sites (N-methyl/N-ethyl adjacent to an activating group) is 1. The van der Waals surface area contributed by atoms with Gasteiger partial charge in [-0.15, -0.1) is 0 Å². The second kappa shape index (κ2) is 5.01. The average Bonchev–Trinajstić information content (AvgIpc) is 2.52. The number of nitrogens with zero attached hydrogens (tertiary/aromatic N) is 3. The highest BCUT2D eigenvalue weighted by Gasteiger charge is 2.42. The number of methoxy groups -OCH3 is 1. The maximum absolute atomic E-state index is 5.94. The maximum atomic E-state index is 5.94. The molecular weight excluding hydrogens is 204 g/mol. The number of hydrogen-bond donors (Lipinski definition) is 1. The quantitative estimate of drug-likeness (QED) is 0.718. The molecule has 2 unspecified atom stereocenters. The molecule has 2 atom stereocenters. The van der Waals surface area contributed by atoms with Crippen LogP contribution in [0.1, 0.15) is 13.8 Å². The van der Waals surface area contributed by atoms with Crippen LogP contribution in [-0.2, 0) is 4.74 Å². The maximum Gasteiger partial charge on any atom is 0.191 e. The molecule has 0 bridgehead atoms. The summed E-state index contributed by atoms with van der Waals surface area (Å²) in [7, 11) is 5.84. The van der Waals surface area contributed by atoms with Crippen LogP contribution in [0.15, 0.2) is 4.99 Å². The summed E-state index contributed by atoms with van der Waals surface area (Å²) in [5, 5.41) is 0. The van der Waals surface area contributed by atoms with E-state index in [0.717, 1.165) is 13.1 Å². The Labute approximate surface area is 98.3 Å². The van der Waals surface area contributed by atoms with Gasteiger partial charge in [-0.3, -0.25) is 4.99 Å². The zero-order chi connectivity index (χ0) is 12.3. The molecule has 0 saturated heterocycles. The van der Waals surface area contributed by atoms with Crippen LogP contribution in [0.2, 0.25) is 0 Å². The summed E-state index contributed by atoms with van der Waals surface area (Å²) in [6.07, 6.45) is 0.111. The van der Waals surface area contributed by atoms with Gasteiger partial charge in [0.05, 0.1) is 18.2 Å². The van der Waals surface area contributed by atoms with Gasteiger partial charge in [0.2, 0.25) is 0 Å². The number of ether oxygens (including phenoxy) is 1. The molecule has 0 aliphatic carbocycles. The first-order valence-electron chi connectivity index (χ1n) is 5.67. The van der Waals surface area contributed by atoms with Crippen molar-refractivity contribution in [2.45, 2.75) is 25.5 Å². The molecule has 5 nitrogen and oxygen atoms in total. The highest BCUT2D eigenvalue weighted by Crippen LogP contribution is 2.26. The van der Waals surface area contributed by atoms with Crippen LogP contribution in [-0.4, -0.2) is 68.2 Å². The summed E-state index contributed by atoms with van der Waals surface area (Å²) in [6.45, 7) is 6.77. The molecule has 0 amide bonds. The first-order valence-corrected chi connectivity index (χ1v) is 5.67. The minimum atomic E-state index is -0.116. The van der Waals surface area contributed by atoms with Crippen molar-refractivity contribution in [1.29, 1.82) is 0 Å². The van der Waals surface area contributed by atoms with Gasteiger partial charge in [-0.1, -0.05) is 0 Å². The number of rotatable bonds is 5. The molecule has 0 aromatic rings. The highest BCUT2D eigenvalue weighted by molar-refractivity contribution is 5.81. The van der Waals surface area contributed by atoms with Gasteiger partial charge in [-0.2, -0.15) is 0 Å². The van der Waals surface area contributed by atoms with Crippen molar-refractivity contribution in [3.8, 4) is 0 Å². The Bertz CT molecular complexity index is 267. The van der Waals surface area contributed by atoms with Crippen molar-refractivity contribution in [3.63, 3.8) is 0 Å². The third-order valence-corrected chi connectivity index (χ3v) is 3.45. The topological polar surface area (TPSA) is 54.1 Å². The van der Waals surface area contributed by atoms with Gasteiger partial charge in [0.15, 0.2) is 5.96 Å². The Kier molecular flexibility index (Phi) is 4.15. The molecule has 0 fully saturated rings. The second-order valence-corrected chi connectivity index (χ2v) is 4.86. The van der Waals surface area contributed by atoms with Crippen LogP contribution >= 0.6 is 0 Å². The van der Waals surface area contributed by atoms with Crippen molar-refractivity contribution in [1.82, 2.24) is 9.80 Å². The smallest absolute Gasteiger partial charge is 0.191 e. The monoisotopic (exact) mass is 228 g/mol. The molecule has 1 heterocycles. The lowest BCUT2D eigenvalue weighted by molar-refractivity contribution is 0.00554. The van der Waals surface area contributed by atoms with Gasteiger partial charge in [0.25, 0.3) is 0 Å². The summed E-state index contributed by atoms with van der Waals surface area (Å²) < 4.78 is 5.44. The van der Waals surface area contributed by atoms with E-state index in [1.165, 1.54) is 0 Å². The summed E-state index contributed by atoms with van der Waals surface area (Å²) in [4.78, 5) is 8.64. The van der Waals surface area contributed by atoms with E-state index in [0.29, 0.717) is 12.5 Å². The van der Waals surface area contributed by atoms with E-state index in [1.807, 2.05) is 0 Å². The van der Waals surface area contributed by atoms with Gasteiger partial charge in [-0.05, 0) is 27.9 Å². The molecule has 0 radical (unpaired) electrons. The molecule has 1 aliphatic heterocycles. The van der Waals surface area contributed by atoms with E-state index in [1.54, 1.807) is 7.11 Å². The first-order chi connectivity index (χ1) is 7.41. The lowest BCUT2D eigenvalue weighted by atomic mass is 9.94. The molecule has 0 saturated carbocycles. The Morgan fingerprint density at radius 1 is 1.62 bits per heavy atom. The molecule has 0 aromatic heterocycles. The van der Waals surface area contributed by atoms with Gasteiger partial charge in [0, 0.05) is 20.2 Å². The van der Waals surface area contributed by atoms with Crippen LogP contribution < -0.4 is 5.73 Å². The van der Waals surface area contributed by atoms with E-state index in [-0.39, 0.29) is 11.6 Å². The van der Waals surface area contributed by atoms with Crippen molar-refractivity contribution in [3.05, 3.63) is 0 Å². The summed E-state index contributed by atoms with van der Waals surface area (Å²) in [5.41, 5.74) is 5.82. The van der Waals surface area contributed by atoms with E-state index in [4.69, 9.17) is 10.5 Å². The molecule has 0 spiro atoms. The van der Waals surface area contributed by atoms with Crippen LogP contribution in [0.25, 0.3) is 0 Å². The summed E-state index contributed by atoms with van der Waals surface area (Å²) in [6, 6.07) is 0. The molecule has 94 valence electrons.